The molecular weight excluding hydrogens is 338 g/mol. The van der Waals surface area contributed by atoms with Crippen molar-refractivity contribution in [2.24, 2.45) is 0 Å². The summed E-state index contributed by atoms with van der Waals surface area (Å²) in [7, 11) is 0. The van der Waals surface area contributed by atoms with Crippen molar-refractivity contribution in [3.8, 4) is 5.75 Å². The number of rotatable bonds is 6. The van der Waals surface area contributed by atoms with Gasteiger partial charge in [-0.2, -0.15) is 0 Å². The highest BCUT2D eigenvalue weighted by Gasteiger charge is 2.11. The van der Waals surface area contributed by atoms with Gasteiger partial charge in [-0.15, -0.1) is 0 Å². The standard InChI is InChI=1S/C17H17BrF2O/c1-2-8-21-14-5-3-4-13(11-14)15(18)9-12-6-7-16(19)17(20)10-12/h3-7,10-11,15H,2,8-9H2,1H3. The number of ether oxygens (including phenoxy) is 1. The van der Waals surface area contributed by atoms with Gasteiger partial charge in [0.25, 0.3) is 0 Å². The highest BCUT2D eigenvalue weighted by Crippen LogP contribution is 2.29. The van der Waals surface area contributed by atoms with Gasteiger partial charge in [-0.05, 0) is 48.2 Å². The molecule has 0 aliphatic rings. The molecule has 21 heavy (non-hydrogen) atoms. The quantitative estimate of drug-likeness (QED) is 0.628. The molecule has 1 unspecified atom stereocenters. The van der Waals surface area contributed by atoms with Crippen molar-refractivity contribution >= 4 is 15.9 Å². The Labute approximate surface area is 132 Å². The predicted octanol–water partition coefficient (Wildman–Crippen LogP) is 5.43. The van der Waals surface area contributed by atoms with Crippen LogP contribution in [0.25, 0.3) is 0 Å². The number of halogens is 3. The van der Waals surface area contributed by atoms with Crippen molar-refractivity contribution in [1.82, 2.24) is 0 Å². The van der Waals surface area contributed by atoms with Crippen molar-refractivity contribution < 1.29 is 13.5 Å². The van der Waals surface area contributed by atoms with Crippen LogP contribution in [0.1, 0.15) is 29.3 Å². The van der Waals surface area contributed by atoms with Crippen molar-refractivity contribution in [1.29, 1.82) is 0 Å². The third-order valence-corrected chi connectivity index (χ3v) is 3.94. The summed E-state index contributed by atoms with van der Waals surface area (Å²) in [6.45, 7) is 2.74. The minimum Gasteiger partial charge on any atom is -0.494 e. The molecule has 2 aromatic rings. The zero-order chi connectivity index (χ0) is 15.2. The molecule has 2 rings (SSSR count). The van der Waals surface area contributed by atoms with Gasteiger partial charge in [-0.25, -0.2) is 8.78 Å². The van der Waals surface area contributed by atoms with Crippen molar-refractivity contribution in [2.75, 3.05) is 6.61 Å². The number of benzene rings is 2. The van der Waals surface area contributed by atoms with Crippen molar-refractivity contribution in [3.05, 3.63) is 65.2 Å². The zero-order valence-electron chi connectivity index (χ0n) is 11.8. The summed E-state index contributed by atoms with van der Waals surface area (Å²) in [6.07, 6.45) is 1.53. The van der Waals surface area contributed by atoms with Crippen LogP contribution in [0.2, 0.25) is 0 Å². The maximum absolute atomic E-state index is 13.2. The third kappa shape index (κ3) is 4.53. The van der Waals surface area contributed by atoms with E-state index in [-0.39, 0.29) is 4.83 Å². The molecule has 0 aromatic heterocycles. The van der Waals surface area contributed by atoms with Crippen molar-refractivity contribution in [2.45, 2.75) is 24.6 Å². The fourth-order valence-electron chi connectivity index (χ4n) is 2.01. The van der Waals surface area contributed by atoms with Gasteiger partial charge in [0.15, 0.2) is 11.6 Å². The second-order valence-electron chi connectivity index (χ2n) is 4.84. The lowest BCUT2D eigenvalue weighted by atomic mass is 10.0. The number of alkyl halides is 1. The minimum atomic E-state index is -0.820. The van der Waals surface area contributed by atoms with E-state index in [1.54, 1.807) is 6.07 Å². The van der Waals surface area contributed by atoms with Crippen LogP contribution < -0.4 is 4.74 Å². The summed E-state index contributed by atoms with van der Waals surface area (Å²) in [5.41, 5.74) is 1.80. The summed E-state index contributed by atoms with van der Waals surface area (Å²) >= 11 is 3.60. The van der Waals surface area contributed by atoms with Gasteiger partial charge in [0.1, 0.15) is 5.75 Å². The van der Waals surface area contributed by atoms with Crippen molar-refractivity contribution in [3.63, 3.8) is 0 Å². The van der Waals surface area contributed by atoms with E-state index in [2.05, 4.69) is 22.9 Å². The molecule has 0 saturated heterocycles. The maximum atomic E-state index is 13.2. The number of hydrogen-bond donors (Lipinski definition) is 0. The molecular formula is C17H17BrF2O. The normalized spacial score (nSPS) is 12.2. The monoisotopic (exact) mass is 354 g/mol. The van der Waals surface area contributed by atoms with Gasteiger partial charge in [0.2, 0.25) is 0 Å². The molecule has 0 aliphatic heterocycles. The average molecular weight is 355 g/mol. The SMILES string of the molecule is CCCOc1cccc(C(Br)Cc2ccc(F)c(F)c2)c1. The van der Waals surface area contributed by atoms with Crippen LogP contribution in [0.3, 0.4) is 0 Å². The second kappa shape index (κ2) is 7.55. The van der Waals surface area contributed by atoms with Crippen LogP contribution in [0.5, 0.6) is 5.75 Å². The molecule has 0 radical (unpaired) electrons. The molecule has 2 aromatic carbocycles. The van der Waals surface area contributed by atoms with Gasteiger partial charge >= 0.3 is 0 Å². The highest BCUT2D eigenvalue weighted by atomic mass is 79.9. The van der Waals surface area contributed by atoms with Crippen LogP contribution in [-0.4, -0.2) is 6.61 Å². The summed E-state index contributed by atoms with van der Waals surface area (Å²) in [5.74, 6) is -0.809. The summed E-state index contributed by atoms with van der Waals surface area (Å²) in [5, 5.41) is 0. The molecule has 0 amide bonds. The first-order chi connectivity index (χ1) is 10.1. The smallest absolute Gasteiger partial charge is 0.159 e. The van der Waals surface area contributed by atoms with Crippen LogP contribution >= 0.6 is 15.9 Å². The molecule has 0 bridgehead atoms. The molecule has 112 valence electrons. The van der Waals surface area contributed by atoms with E-state index in [4.69, 9.17) is 4.74 Å². The van der Waals surface area contributed by atoms with Crippen LogP contribution in [0, 0.1) is 11.6 Å². The first-order valence-corrected chi connectivity index (χ1v) is 7.82. The average Bonchev–Trinajstić information content (AvgIpc) is 2.49. The van der Waals surface area contributed by atoms with Gasteiger partial charge in [0, 0.05) is 4.83 Å². The Bertz CT molecular complexity index is 601. The maximum Gasteiger partial charge on any atom is 0.159 e. The van der Waals surface area contributed by atoms with E-state index in [1.165, 1.54) is 6.07 Å². The van der Waals surface area contributed by atoms with Gasteiger partial charge in [-0.1, -0.05) is 41.1 Å². The molecule has 4 heteroatoms. The van der Waals surface area contributed by atoms with E-state index >= 15 is 0 Å². The van der Waals surface area contributed by atoms with Crippen LogP contribution in [0.15, 0.2) is 42.5 Å². The van der Waals surface area contributed by atoms with E-state index in [9.17, 15) is 8.78 Å². The predicted molar refractivity (Wildman–Crippen MR) is 84.0 cm³/mol. The topological polar surface area (TPSA) is 9.23 Å². The Morgan fingerprint density at radius 1 is 1.10 bits per heavy atom. The Morgan fingerprint density at radius 3 is 2.62 bits per heavy atom. The molecule has 0 N–H and O–H groups in total. The molecule has 0 spiro atoms. The van der Waals surface area contributed by atoms with E-state index in [0.717, 1.165) is 29.4 Å². The van der Waals surface area contributed by atoms with Gasteiger partial charge in [-0.3, -0.25) is 0 Å². The molecule has 0 aliphatic carbocycles. The molecule has 0 saturated carbocycles. The molecule has 0 heterocycles. The van der Waals surface area contributed by atoms with E-state index in [1.807, 2.05) is 24.3 Å². The third-order valence-electron chi connectivity index (χ3n) is 3.09. The first kappa shape index (κ1) is 16.0. The molecule has 1 nitrogen and oxygen atoms in total. The van der Waals surface area contributed by atoms with E-state index < -0.39 is 11.6 Å². The fraction of sp³-hybridized carbons (Fsp3) is 0.294. The summed E-state index contributed by atoms with van der Waals surface area (Å²) < 4.78 is 31.8. The minimum absolute atomic E-state index is 0.0209. The Kier molecular flexibility index (Phi) is 5.74. The lowest BCUT2D eigenvalue weighted by Gasteiger charge is -2.12. The fourth-order valence-corrected chi connectivity index (χ4v) is 2.67. The lowest BCUT2D eigenvalue weighted by molar-refractivity contribution is 0.317. The molecule has 0 fully saturated rings. The molecule has 1 atom stereocenters. The van der Waals surface area contributed by atoms with Crippen LogP contribution in [0.4, 0.5) is 8.78 Å². The van der Waals surface area contributed by atoms with Gasteiger partial charge < -0.3 is 4.74 Å². The lowest BCUT2D eigenvalue weighted by Crippen LogP contribution is -1.99. The number of hydrogen-bond acceptors (Lipinski definition) is 1. The summed E-state index contributed by atoms with van der Waals surface area (Å²) in [4.78, 5) is 0.0209. The van der Waals surface area contributed by atoms with E-state index in [0.29, 0.717) is 13.0 Å². The zero-order valence-corrected chi connectivity index (χ0v) is 13.4. The first-order valence-electron chi connectivity index (χ1n) is 6.91. The largest absolute Gasteiger partial charge is 0.494 e. The Balaban J connectivity index is 2.08. The van der Waals surface area contributed by atoms with Gasteiger partial charge in [0.05, 0.1) is 6.61 Å². The Hall–Kier alpha value is -1.42. The van der Waals surface area contributed by atoms with Crippen LogP contribution in [-0.2, 0) is 6.42 Å². The second-order valence-corrected chi connectivity index (χ2v) is 5.95. The summed E-state index contributed by atoms with van der Waals surface area (Å²) in [6, 6.07) is 11.8. The highest BCUT2D eigenvalue weighted by molar-refractivity contribution is 9.09. The Morgan fingerprint density at radius 2 is 1.90 bits per heavy atom.